The van der Waals surface area contributed by atoms with E-state index in [0.717, 1.165) is 10.9 Å². The highest BCUT2D eigenvalue weighted by Gasteiger charge is 2.10. The third-order valence-corrected chi connectivity index (χ3v) is 2.96. The topological polar surface area (TPSA) is 17.1 Å². The molecular formula is C15H16O. The van der Waals surface area contributed by atoms with Gasteiger partial charge >= 0.3 is 0 Å². The average Bonchev–Trinajstić information content (AvgIpc) is 2.27. The van der Waals surface area contributed by atoms with Gasteiger partial charge in [0.25, 0.3) is 0 Å². The predicted octanol–water partition coefficient (Wildman–Crippen LogP) is 4.17. The number of rotatable bonds is 2. The lowest BCUT2D eigenvalue weighted by atomic mass is 9.92. The van der Waals surface area contributed by atoms with Crippen LogP contribution >= 0.6 is 0 Å². The van der Waals surface area contributed by atoms with Gasteiger partial charge in [-0.05, 0) is 29.2 Å². The molecule has 2 aromatic carbocycles. The Labute approximate surface area is 96.1 Å². The summed E-state index contributed by atoms with van der Waals surface area (Å²) in [7, 11) is 0. The van der Waals surface area contributed by atoms with Crippen molar-refractivity contribution >= 4 is 16.6 Å². The van der Waals surface area contributed by atoms with Crippen LogP contribution in [-0.2, 0) is 0 Å². The number of benzene rings is 2. The normalized spacial score (nSPS) is 11.0. The van der Waals surface area contributed by atoms with Crippen LogP contribution in [0.15, 0.2) is 36.4 Å². The first-order valence-corrected chi connectivity index (χ1v) is 5.64. The summed E-state index contributed by atoms with van der Waals surface area (Å²) in [6, 6.07) is 12.1. The fourth-order valence-corrected chi connectivity index (χ4v) is 2.13. The lowest BCUT2D eigenvalue weighted by Crippen LogP contribution is -1.97. The van der Waals surface area contributed by atoms with Crippen LogP contribution in [0.3, 0.4) is 0 Å². The molecule has 0 aliphatic carbocycles. The van der Waals surface area contributed by atoms with E-state index in [0.29, 0.717) is 5.92 Å². The van der Waals surface area contributed by atoms with E-state index < -0.39 is 0 Å². The molecule has 0 saturated carbocycles. The molecule has 2 aromatic rings. The van der Waals surface area contributed by atoms with Gasteiger partial charge in [-0.2, -0.15) is 0 Å². The van der Waals surface area contributed by atoms with Crippen LogP contribution in [0.2, 0.25) is 0 Å². The maximum absolute atomic E-state index is 11.5. The third-order valence-electron chi connectivity index (χ3n) is 2.96. The second-order valence-electron chi connectivity index (χ2n) is 4.46. The van der Waals surface area contributed by atoms with Crippen LogP contribution in [0, 0.1) is 0 Å². The summed E-state index contributed by atoms with van der Waals surface area (Å²) in [5.74, 6) is 0.609. The van der Waals surface area contributed by atoms with Crippen molar-refractivity contribution in [1.82, 2.24) is 0 Å². The first-order valence-electron chi connectivity index (χ1n) is 5.64. The fourth-order valence-electron chi connectivity index (χ4n) is 2.13. The number of Topliss-reactive ketones (excluding diaryl/α,β-unsaturated/α-hetero) is 1. The quantitative estimate of drug-likeness (QED) is 0.683. The van der Waals surface area contributed by atoms with Crippen LogP contribution in [0.1, 0.15) is 42.6 Å². The monoisotopic (exact) mass is 212 g/mol. The largest absolute Gasteiger partial charge is 0.294 e. The molecule has 1 nitrogen and oxygen atoms in total. The Kier molecular flexibility index (Phi) is 2.78. The molecule has 0 saturated heterocycles. The Morgan fingerprint density at radius 1 is 1.00 bits per heavy atom. The molecule has 0 bridgehead atoms. The van der Waals surface area contributed by atoms with Crippen molar-refractivity contribution in [2.45, 2.75) is 26.7 Å². The zero-order valence-corrected chi connectivity index (χ0v) is 9.95. The zero-order valence-electron chi connectivity index (χ0n) is 9.95. The van der Waals surface area contributed by atoms with Gasteiger partial charge in [0.1, 0.15) is 0 Å². The number of carbonyl (C=O) groups is 1. The van der Waals surface area contributed by atoms with Crippen LogP contribution in [0.5, 0.6) is 0 Å². The van der Waals surface area contributed by atoms with Gasteiger partial charge in [0.05, 0.1) is 0 Å². The van der Waals surface area contributed by atoms with Crippen LogP contribution in [0.4, 0.5) is 0 Å². The summed E-state index contributed by atoms with van der Waals surface area (Å²) in [4.78, 5) is 11.5. The van der Waals surface area contributed by atoms with Gasteiger partial charge < -0.3 is 0 Å². The molecule has 1 heteroatoms. The Hall–Kier alpha value is -1.63. The molecule has 0 spiro atoms. The summed E-state index contributed by atoms with van der Waals surface area (Å²) in [5.41, 5.74) is 2.13. The standard InChI is InChI=1S/C15H16O/c1-10(2)12-8-9-13(11(3)16)15-7-5-4-6-14(12)15/h4-10H,1-3H3. The second-order valence-corrected chi connectivity index (χ2v) is 4.46. The Balaban J connectivity index is 2.82. The van der Waals surface area contributed by atoms with Gasteiger partial charge in [-0.1, -0.05) is 50.2 Å². The molecule has 0 fully saturated rings. The van der Waals surface area contributed by atoms with Crippen molar-refractivity contribution < 1.29 is 4.79 Å². The van der Waals surface area contributed by atoms with Gasteiger partial charge in [-0.15, -0.1) is 0 Å². The van der Waals surface area contributed by atoms with Crippen LogP contribution in [-0.4, -0.2) is 5.78 Å². The lowest BCUT2D eigenvalue weighted by molar-refractivity contribution is 0.101. The molecule has 0 aliphatic heterocycles. The minimum atomic E-state index is 0.131. The Morgan fingerprint density at radius 2 is 1.62 bits per heavy atom. The van der Waals surface area contributed by atoms with Gasteiger partial charge in [-0.25, -0.2) is 0 Å². The smallest absolute Gasteiger partial charge is 0.160 e. The summed E-state index contributed by atoms with van der Waals surface area (Å²) in [5, 5.41) is 2.27. The first kappa shape index (κ1) is 10.9. The van der Waals surface area contributed by atoms with E-state index in [1.807, 2.05) is 24.3 Å². The highest BCUT2D eigenvalue weighted by Crippen LogP contribution is 2.28. The van der Waals surface area contributed by atoms with E-state index in [2.05, 4.69) is 26.0 Å². The van der Waals surface area contributed by atoms with E-state index in [4.69, 9.17) is 0 Å². The zero-order chi connectivity index (χ0) is 11.7. The maximum atomic E-state index is 11.5. The molecule has 0 N–H and O–H groups in total. The van der Waals surface area contributed by atoms with Gasteiger partial charge in [0.15, 0.2) is 5.78 Å². The number of ketones is 1. The van der Waals surface area contributed by atoms with E-state index in [9.17, 15) is 4.79 Å². The number of carbonyl (C=O) groups excluding carboxylic acids is 1. The van der Waals surface area contributed by atoms with Crippen molar-refractivity contribution in [3.8, 4) is 0 Å². The van der Waals surface area contributed by atoms with E-state index >= 15 is 0 Å². The molecular weight excluding hydrogens is 196 g/mol. The maximum Gasteiger partial charge on any atom is 0.160 e. The average molecular weight is 212 g/mol. The number of fused-ring (bicyclic) bond motifs is 1. The number of hydrogen-bond donors (Lipinski definition) is 0. The summed E-state index contributed by atoms with van der Waals surface area (Å²) >= 11 is 0. The summed E-state index contributed by atoms with van der Waals surface area (Å²) < 4.78 is 0. The Bertz CT molecular complexity index is 538. The minimum Gasteiger partial charge on any atom is -0.294 e. The van der Waals surface area contributed by atoms with E-state index in [1.165, 1.54) is 10.9 Å². The minimum absolute atomic E-state index is 0.131. The highest BCUT2D eigenvalue weighted by atomic mass is 16.1. The van der Waals surface area contributed by atoms with E-state index in [1.54, 1.807) is 6.92 Å². The molecule has 0 radical (unpaired) electrons. The highest BCUT2D eigenvalue weighted by molar-refractivity contribution is 6.07. The molecule has 82 valence electrons. The van der Waals surface area contributed by atoms with Gasteiger partial charge in [0, 0.05) is 5.56 Å². The van der Waals surface area contributed by atoms with Crippen molar-refractivity contribution in [3.05, 3.63) is 47.5 Å². The third kappa shape index (κ3) is 1.73. The first-order chi connectivity index (χ1) is 7.61. The molecule has 0 aromatic heterocycles. The predicted molar refractivity (Wildman–Crippen MR) is 68.0 cm³/mol. The molecule has 0 amide bonds. The van der Waals surface area contributed by atoms with Crippen molar-refractivity contribution in [2.24, 2.45) is 0 Å². The van der Waals surface area contributed by atoms with Gasteiger partial charge in [-0.3, -0.25) is 4.79 Å². The lowest BCUT2D eigenvalue weighted by Gasteiger charge is -2.12. The Morgan fingerprint density at radius 3 is 2.19 bits per heavy atom. The van der Waals surface area contributed by atoms with E-state index in [-0.39, 0.29) is 5.78 Å². The molecule has 16 heavy (non-hydrogen) atoms. The number of hydrogen-bond acceptors (Lipinski definition) is 1. The molecule has 0 heterocycles. The molecule has 0 atom stereocenters. The van der Waals surface area contributed by atoms with Crippen LogP contribution in [0.25, 0.3) is 10.8 Å². The van der Waals surface area contributed by atoms with Crippen molar-refractivity contribution in [3.63, 3.8) is 0 Å². The molecule has 0 aliphatic rings. The molecule has 0 unspecified atom stereocenters. The van der Waals surface area contributed by atoms with Crippen molar-refractivity contribution in [2.75, 3.05) is 0 Å². The fraction of sp³-hybridized carbons (Fsp3) is 0.267. The summed E-state index contributed by atoms with van der Waals surface area (Å²) in [6.07, 6.45) is 0. The van der Waals surface area contributed by atoms with Crippen molar-refractivity contribution in [1.29, 1.82) is 0 Å². The molecule has 2 rings (SSSR count). The van der Waals surface area contributed by atoms with Gasteiger partial charge in [0.2, 0.25) is 0 Å². The van der Waals surface area contributed by atoms with Crippen LogP contribution < -0.4 is 0 Å². The summed E-state index contributed by atoms with van der Waals surface area (Å²) in [6.45, 7) is 5.97. The SMILES string of the molecule is CC(=O)c1ccc(C(C)C)c2ccccc12. The second kappa shape index (κ2) is 4.09.